The normalized spacial score (nSPS) is 18.7. The maximum Gasteiger partial charge on any atom is 0.191 e. The molecular weight excluding hydrogens is 499 g/mol. The molecule has 3 rings (SSSR count). The van der Waals surface area contributed by atoms with Gasteiger partial charge in [-0.15, -0.1) is 34.2 Å². The number of aliphatic imine (C=N–C) groups is 1. The molecule has 0 radical (unpaired) electrons. The topological polar surface area (TPSA) is 110 Å². The van der Waals surface area contributed by atoms with Gasteiger partial charge in [0, 0.05) is 25.8 Å². The summed E-state index contributed by atoms with van der Waals surface area (Å²) in [6.45, 7) is 9.53. The molecule has 0 amide bonds. The molecule has 3 heterocycles. The number of aryl methyl sites for hydroxylation is 3. The quantitative estimate of drug-likeness (QED) is 0.285. The molecule has 9 nitrogen and oxygen atoms in total. The molecule has 1 fully saturated rings. The van der Waals surface area contributed by atoms with E-state index in [0.717, 1.165) is 48.2 Å². The lowest BCUT2D eigenvalue weighted by Crippen LogP contribution is -2.46. The van der Waals surface area contributed by atoms with Crippen LogP contribution in [0.1, 0.15) is 48.5 Å². The van der Waals surface area contributed by atoms with Gasteiger partial charge in [0.2, 0.25) is 0 Å². The molecule has 2 atom stereocenters. The van der Waals surface area contributed by atoms with Crippen molar-refractivity contribution in [3.63, 3.8) is 0 Å². The lowest BCUT2D eigenvalue weighted by Gasteiger charge is -2.25. The van der Waals surface area contributed by atoms with Crippen LogP contribution < -0.4 is 10.6 Å². The first-order chi connectivity index (χ1) is 13.8. The number of halogens is 1. The summed E-state index contributed by atoms with van der Waals surface area (Å²) in [5.74, 6) is 3.70. The zero-order chi connectivity index (χ0) is 21.0. The highest BCUT2D eigenvalue weighted by molar-refractivity contribution is 14.0. The van der Waals surface area contributed by atoms with Crippen molar-refractivity contribution in [3.8, 4) is 0 Å². The third-order valence-corrected chi connectivity index (χ3v) is 5.30. The van der Waals surface area contributed by atoms with Crippen molar-refractivity contribution in [1.82, 2.24) is 25.4 Å². The van der Waals surface area contributed by atoms with Crippen molar-refractivity contribution < 1.29 is 14.3 Å². The van der Waals surface area contributed by atoms with Crippen molar-refractivity contribution in [2.45, 2.75) is 58.8 Å². The summed E-state index contributed by atoms with van der Waals surface area (Å²) in [5, 5.41) is 25.8. The molecule has 2 aromatic rings. The van der Waals surface area contributed by atoms with E-state index in [0.29, 0.717) is 19.0 Å². The first kappa shape index (κ1) is 24.6. The molecule has 0 aliphatic carbocycles. The summed E-state index contributed by atoms with van der Waals surface area (Å²) in [7, 11) is 1.92. The Kier molecular flexibility index (Phi) is 8.68. The summed E-state index contributed by atoms with van der Waals surface area (Å²) in [6.07, 6.45) is 2.30. The van der Waals surface area contributed by atoms with Gasteiger partial charge in [0.05, 0.1) is 12.6 Å². The maximum atomic E-state index is 11.0. The Bertz CT molecular complexity index is 855. The van der Waals surface area contributed by atoms with Gasteiger partial charge in [0.25, 0.3) is 0 Å². The monoisotopic (exact) mass is 532 g/mol. The first-order valence-electron chi connectivity index (χ1n) is 10.0. The SMILES string of the molecule is Cc1cc(C(C)(O)CNC(=NCc2nnc(C)n2C)NCC2CCCO2)c(C)o1.I. The summed E-state index contributed by atoms with van der Waals surface area (Å²) in [4.78, 5) is 4.63. The van der Waals surface area contributed by atoms with Crippen LogP contribution in [0.3, 0.4) is 0 Å². The Labute approximate surface area is 194 Å². The zero-order valence-electron chi connectivity index (χ0n) is 18.4. The fourth-order valence-corrected chi connectivity index (χ4v) is 3.45. The van der Waals surface area contributed by atoms with Crippen molar-refractivity contribution in [2.24, 2.45) is 12.0 Å². The Balaban J connectivity index is 0.00000320. The lowest BCUT2D eigenvalue weighted by molar-refractivity contribution is 0.0600. The molecule has 0 aromatic carbocycles. The molecule has 10 heteroatoms. The number of ether oxygens (including phenoxy) is 1. The molecule has 1 aliphatic rings. The van der Waals surface area contributed by atoms with Gasteiger partial charge >= 0.3 is 0 Å². The van der Waals surface area contributed by atoms with Crippen LogP contribution >= 0.6 is 24.0 Å². The second-order valence-corrected chi connectivity index (χ2v) is 7.86. The summed E-state index contributed by atoms with van der Waals surface area (Å²) >= 11 is 0. The molecule has 1 aliphatic heterocycles. The van der Waals surface area contributed by atoms with E-state index in [1.807, 2.05) is 38.5 Å². The predicted molar refractivity (Wildman–Crippen MR) is 125 cm³/mol. The third kappa shape index (κ3) is 6.17. The second kappa shape index (κ2) is 10.6. The van der Waals surface area contributed by atoms with E-state index in [4.69, 9.17) is 9.15 Å². The Morgan fingerprint density at radius 2 is 2.10 bits per heavy atom. The standard InChI is InChI=1S/C20H32N6O3.HI/c1-13-9-17(14(2)29-13)20(4,27)12-23-19(21-10-16-7-6-8-28-16)22-11-18-25-24-15(3)26(18)5;/h9,16,27H,6-8,10-12H2,1-5H3,(H2,21,22,23);1H. The number of nitrogens with one attached hydrogen (secondary N) is 2. The fourth-order valence-electron chi connectivity index (χ4n) is 3.45. The molecule has 3 N–H and O–H groups in total. The first-order valence-corrected chi connectivity index (χ1v) is 10.0. The van der Waals surface area contributed by atoms with Gasteiger partial charge in [0.1, 0.15) is 29.5 Å². The summed E-state index contributed by atoms with van der Waals surface area (Å²) in [5.41, 5.74) is -0.333. The lowest BCUT2D eigenvalue weighted by atomic mass is 9.96. The molecule has 2 aromatic heterocycles. The number of aliphatic hydroxyl groups is 1. The van der Waals surface area contributed by atoms with Crippen LogP contribution in [-0.2, 0) is 23.9 Å². The van der Waals surface area contributed by atoms with Crippen LogP contribution in [-0.4, -0.2) is 51.6 Å². The number of hydrogen-bond donors (Lipinski definition) is 3. The summed E-state index contributed by atoms with van der Waals surface area (Å²) < 4.78 is 13.2. The van der Waals surface area contributed by atoms with Gasteiger partial charge in [-0.3, -0.25) is 0 Å². The van der Waals surface area contributed by atoms with Crippen LogP contribution in [0, 0.1) is 20.8 Å². The molecule has 2 unspecified atom stereocenters. The minimum atomic E-state index is -1.10. The number of rotatable bonds is 7. The van der Waals surface area contributed by atoms with E-state index in [1.54, 1.807) is 6.92 Å². The van der Waals surface area contributed by atoms with E-state index in [1.165, 1.54) is 0 Å². The summed E-state index contributed by atoms with van der Waals surface area (Å²) in [6, 6.07) is 1.87. The van der Waals surface area contributed by atoms with E-state index in [2.05, 4.69) is 25.8 Å². The van der Waals surface area contributed by atoms with Crippen molar-refractivity contribution in [3.05, 3.63) is 34.8 Å². The molecule has 0 saturated carbocycles. The number of hydrogen-bond acceptors (Lipinski definition) is 6. The third-order valence-electron chi connectivity index (χ3n) is 5.30. The molecular formula is C20H33IN6O3. The van der Waals surface area contributed by atoms with Gasteiger partial charge in [-0.05, 0) is 46.6 Å². The minimum absolute atomic E-state index is 0. The number of guanidine groups is 1. The Hall–Kier alpha value is -1.66. The number of nitrogens with zero attached hydrogens (tertiary/aromatic N) is 4. The smallest absolute Gasteiger partial charge is 0.191 e. The maximum absolute atomic E-state index is 11.0. The van der Waals surface area contributed by atoms with E-state index in [-0.39, 0.29) is 36.6 Å². The average molecular weight is 532 g/mol. The van der Waals surface area contributed by atoms with E-state index >= 15 is 0 Å². The number of aromatic nitrogens is 3. The predicted octanol–water partition coefficient (Wildman–Crippen LogP) is 2.07. The minimum Gasteiger partial charge on any atom is -0.466 e. The highest BCUT2D eigenvalue weighted by atomic mass is 127. The van der Waals surface area contributed by atoms with Crippen molar-refractivity contribution in [2.75, 3.05) is 19.7 Å². The highest BCUT2D eigenvalue weighted by Gasteiger charge is 2.28. The zero-order valence-corrected chi connectivity index (χ0v) is 20.7. The van der Waals surface area contributed by atoms with Crippen LogP contribution in [0.15, 0.2) is 15.5 Å². The van der Waals surface area contributed by atoms with Crippen molar-refractivity contribution >= 4 is 29.9 Å². The molecule has 30 heavy (non-hydrogen) atoms. The van der Waals surface area contributed by atoms with Gasteiger partial charge in [-0.25, -0.2) is 4.99 Å². The Morgan fingerprint density at radius 3 is 2.67 bits per heavy atom. The van der Waals surface area contributed by atoms with Gasteiger partial charge in [-0.1, -0.05) is 0 Å². The molecule has 1 saturated heterocycles. The van der Waals surface area contributed by atoms with Crippen LogP contribution in [0.2, 0.25) is 0 Å². The van der Waals surface area contributed by atoms with Gasteiger partial charge < -0.3 is 29.5 Å². The van der Waals surface area contributed by atoms with Crippen LogP contribution in [0.25, 0.3) is 0 Å². The highest BCUT2D eigenvalue weighted by Crippen LogP contribution is 2.26. The van der Waals surface area contributed by atoms with E-state index in [9.17, 15) is 5.11 Å². The number of furan rings is 1. The van der Waals surface area contributed by atoms with Crippen LogP contribution in [0.5, 0.6) is 0 Å². The second-order valence-electron chi connectivity index (χ2n) is 7.86. The van der Waals surface area contributed by atoms with Crippen molar-refractivity contribution in [1.29, 1.82) is 0 Å². The van der Waals surface area contributed by atoms with Gasteiger partial charge in [0.15, 0.2) is 11.8 Å². The molecule has 168 valence electrons. The molecule has 0 bridgehead atoms. The average Bonchev–Trinajstić information content (AvgIpc) is 3.38. The van der Waals surface area contributed by atoms with E-state index < -0.39 is 5.60 Å². The molecule has 0 spiro atoms. The largest absolute Gasteiger partial charge is 0.466 e. The van der Waals surface area contributed by atoms with Crippen LogP contribution in [0.4, 0.5) is 0 Å². The van der Waals surface area contributed by atoms with Gasteiger partial charge in [-0.2, -0.15) is 0 Å². The fraction of sp³-hybridized carbons (Fsp3) is 0.650. The Morgan fingerprint density at radius 1 is 1.33 bits per heavy atom.